The van der Waals surface area contributed by atoms with Gasteiger partial charge in [0.2, 0.25) is 5.91 Å². The molecule has 0 aromatic heterocycles. The van der Waals surface area contributed by atoms with E-state index in [0.29, 0.717) is 31.6 Å². The smallest absolute Gasteiger partial charge is 0.308 e. The van der Waals surface area contributed by atoms with Crippen molar-refractivity contribution >= 4 is 17.6 Å². The molecule has 0 radical (unpaired) electrons. The summed E-state index contributed by atoms with van der Waals surface area (Å²) in [4.78, 5) is 25.3. The van der Waals surface area contributed by atoms with E-state index < -0.39 is 0 Å². The highest BCUT2D eigenvalue weighted by Gasteiger charge is 2.26. The van der Waals surface area contributed by atoms with Crippen molar-refractivity contribution in [1.82, 2.24) is 4.90 Å². The second kappa shape index (κ2) is 7.17. The highest BCUT2D eigenvalue weighted by molar-refractivity contribution is 5.92. The topological polar surface area (TPSA) is 58.6 Å². The molecule has 0 unspecified atom stereocenters. The van der Waals surface area contributed by atoms with Gasteiger partial charge >= 0.3 is 5.97 Å². The molecule has 1 aromatic rings. The zero-order chi connectivity index (χ0) is 15.2. The number of piperidine rings is 1. The zero-order valence-electron chi connectivity index (χ0n) is 12.0. The summed E-state index contributed by atoms with van der Waals surface area (Å²) in [6.45, 7) is 1.65. The number of benzene rings is 1. The SMILES string of the molecule is COC(=O)C1CCN(CC(=O)Nc2ccc(F)cc2)CC1. The Morgan fingerprint density at radius 2 is 1.90 bits per heavy atom. The predicted molar refractivity (Wildman–Crippen MR) is 76.2 cm³/mol. The Bertz CT molecular complexity index is 496. The van der Waals surface area contributed by atoms with Crippen LogP contribution in [0.2, 0.25) is 0 Å². The minimum Gasteiger partial charge on any atom is -0.469 e. The summed E-state index contributed by atoms with van der Waals surface area (Å²) < 4.78 is 17.5. The van der Waals surface area contributed by atoms with E-state index in [1.807, 2.05) is 4.90 Å². The normalized spacial score (nSPS) is 16.5. The number of rotatable bonds is 4. The Morgan fingerprint density at radius 3 is 2.48 bits per heavy atom. The Balaban J connectivity index is 1.76. The number of hydrogen-bond acceptors (Lipinski definition) is 4. The molecule has 0 saturated carbocycles. The molecule has 21 heavy (non-hydrogen) atoms. The summed E-state index contributed by atoms with van der Waals surface area (Å²) in [7, 11) is 1.39. The predicted octanol–water partition coefficient (Wildman–Crippen LogP) is 1.65. The van der Waals surface area contributed by atoms with Gasteiger partial charge in [-0.05, 0) is 50.2 Å². The number of likely N-dealkylation sites (tertiary alicyclic amines) is 1. The lowest BCUT2D eigenvalue weighted by Gasteiger charge is -2.29. The van der Waals surface area contributed by atoms with E-state index in [0.717, 1.165) is 0 Å². The third kappa shape index (κ3) is 4.53. The fraction of sp³-hybridized carbons (Fsp3) is 0.467. The van der Waals surface area contributed by atoms with Gasteiger partial charge in [0.15, 0.2) is 0 Å². The van der Waals surface area contributed by atoms with E-state index in [9.17, 15) is 14.0 Å². The fourth-order valence-corrected chi connectivity index (χ4v) is 2.43. The van der Waals surface area contributed by atoms with E-state index >= 15 is 0 Å². The molecule has 1 aromatic carbocycles. The minimum absolute atomic E-state index is 0.0635. The molecule has 1 heterocycles. The van der Waals surface area contributed by atoms with Gasteiger partial charge in [0.1, 0.15) is 5.82 Å². The van der Waals surface area contributed by atoms with Crippen LogP contribution < -0.4 is 5.32 Å². The van der Waals surface area contributed by atoms with Gasteiger partial charge in [0.25, 0.3) is 0 Å². The Morgan fingerprint density at radius 1 is 1.29 bits per heavy atom. The summed E-state index contributed by atoms with van der Waals surface area (Å²) >= 11 is 0. The Labute approximate surface area is 123 Å². The lowest BCUT2D eigenvalue weighted by Crippen LogP contribution is -2.41. The summed E-state index contributed by atoms with van der Waals surface area (Å²) in [6, 6.07) is 5.66. The van der Waals surface area contributed by atoms with Crippen LogP contribution in [0.1, 0.15) is 12.8 Å². The number of methoxy groups -OCH3 is 1. The second-order valence-electron chi connectivity index (χ2n) is 5.13. The summed E-state index contributed by atoms with van der Waals surface area (Å²) in [5.74, 6) is -0.715. The molecule has 6 heteroatoms. The maximum Gasteiger partial charge on any atom is 0.308 e. The lowest BCUT2D eigenvalue weighted by molar-refractivity contribution is -0.147. The van der Waals surface area contributed by atoms with Gasteiger partial charge in [-0.15, -0.1) is 0 Å². The number of halogens is 1. The first kappa shape index (κ1) is 15.4. The molecule has 0 atom stereocenters. The van der Waals surface area contributed by atoms with Crippen molar-refractivity contribution in [3.8, 4) is 0 Å². The van der Waals surface area contributed by atoms with Gasteiger partial charge in [0.05, 0.1) is 19.6 Å². The number of esters is 1. The Kier molecular flexibility index (Phi) is 5.27. The quantitative estimate of drug-likeness (QED) is 0.858. The number of carbonyl (C=O) groups is 2. The number of ether oxygens (including phenoxy) is 1. The molecule has 0 spiro atoms. The number of hydrogen-bond donors (Lipinski definition) is 1. The number of carbonyl (C=O) groups excluding carboxylic acids is 2. The first-order valence-corrected chi connectivity index (χ1v) is 6.94. The highest BCUT2D eigenvalue weighted by atomic mass is 19.1. The van der Waals surface area contributed by atoms with Crippen molar-refractivity contribution in [3.05, 3.63) is 30.1 Å². The van der Waals surface area contributed by atoms with Crippen LogP contribution in [0.3, 0.4) is 0 Å². The van der Waals surface area contributed by atoms with Gasteiger partial charge < -0.3 is 10.1 Å². The number of anilines is 1. The molecule has 0 bridgehead atoms. The van der Waals surface area contributed by atoms with Gasteiger partial charge in [-0.1, -0.05) is 0 Å². The lowest BCUT2D eigenvalue weighted by atomic mass is 9.97. The van der Waals surface area contributed by atoms with Crippen LogP contribution in [0.15, 0.2) is 24.3 Å². The standard InChI is InChI=1S/C15H19FN2O3/c1-21-15(20)11-6-8-18(9-7-11)10-14(19)17-13-4-2-12(16)3-5-13/h2-5,11H,6-10H2,1H3,(H,17,19). The maximum absolute atomic E-state index is 12.8. The van der Waals surface area contributed by atoms with Crippen LogP contribution in [0.5, 0.6) is 0 Å². The molecule has 1 amide bonds. The van der Waals surface area contributed by atoms with Crippen LogP contribution in [0.25, 0.3) is 0 Å². The van der Waals surface area contributed by atoms with E-state index in [-0.39, 0.29) is 30.2 Å². The summed E-state index contributed by atoms with van der Waals surface area (Å²) in [5, 5.41) is 2.72. The molecular formula is C15H19FN2O3. The fourth-order valence-electron chi connectivity index (χ4n) is 2.43. The minimum atomic E-state index is -0.335. The van der Waals surface area contributed by atoms with Crippen molar-refractivity contribution in [3.63, 3.8) is 0 Å². The molecule has 114 valence electrons. The van der Waals surface area contributed by atoms with Gasteiger partial charge in [0, 0.05) is 5.69 Å². The summed E-state index contributed by atoms with van der Waals surface area (Å²) in [6.07, 6.45) is 1.41. The van der Waals surface area contributed by atoms with Crippen LogP contribution in [-0.2, 0) is 14.3 Å². The van der Waals surface area contributed by atoms with Gasteiger partial charge in [-0.2, -0.15) is 0 Å². The molecule has 2 rings (SSSR count). The van der Waals surface area contributed by atoms with E-state index in [4.69, 9.17) is 4.74 Å². The highest BCUT2D eigenvalue weighted by Crippen LogP contribution is 2.18. The third-order valence-corrected chi connectivity index (χ3v) is 3.62. The van der Waals surface area contributed by atoms with Crippen molar-refractivity contribution in [1.29, 1.82) is 0 Å². The van der Waals surface area contributed by atoms with Crippen LogP contribution >= 0.6 is 0 Å². The van der Waals surface area contributed by atoms with Gasteiger partial charge in [-0.25, -0.2) is 4.39 Å². The molecule has 1 saturated heterocycles. The van der Waals surface area contributed by atoms with Gasteiger partial charge in [-0.3, -0.25) is 14.5 Å². The monoisotopic (exact) mass is 294 g/mol. The van der Waals surface area contributed by atoms with Crippen molar-refractivity contribution in [2.75, 3.05) is 32.1 Å². The molecule has 0 aliphatic carbocycles. The van der Waals surface area contributed by atoms with Crippen molar-refractivity contribution < 1.29 is 18.7 Å². The summed E-state index contributed by atoms with van der Waals surface area (Å²) in [5.41, 5.74) is 0.575. The molecule has 1 aliphatic heterocycles. The van der Waals surface area contributed by atoms with Crippen LogP contribution in [0, 0.1) is 11.7 Å². The van der Waals surface area contributed by atoms with Crippen LogP contribution in [0.4, 0.5) is 10.1 Å². The number of amides is 1. The molecule has 1 aliphatic rings. The average molecular weight is 294 g/mol. The average Bonchev–Trinajstić information content (AvgIpc) is 2.49. The van der Waals surface area contributed by atoms with E-state index in [2.05, 4.69) is 5.32 Å². The third-order valence-electron chi connectivity index (χ3n) is 3.62. The second-order valence-corrected chi connectivity index (χ2v) is 5.13. The molecule has 5 nitrogen and oxygen atoms in total. The van der Waals surface area contributed by atoms with E-state index in [1.165, 1.54) is 31.4 Å². The number of nitrogens with one attached hydrogen (secondary N) is 1. The largest absolute Gasteiger partial charge is 0.469 e. The molecule has 1 N–H and O–H groups in total. The van der Waals surface area contributed by atoms with Crippen molar-refractivity contribution in [2.24, 2.45) is 5.92 Å². The maximum atomic E-state index is 12.8. The van der Waals surface area contributed by atoms with E-state index in [1.54, 1.807) is 0 Å². The number of nitrogens with zero attached hydrogens (tertiary/aromatic N) is 1. The Hall–Kier alpha value is -1.95. The van der Waals surface area contributed by atoms with Crippen molar-refractivity contribution in [2.45, 2.75) is 12.8 Å². The zero-order valence-corrected chi connectivity index (χ0v) is 12.0. The molecular weight excluding hydrogens is 275 g/mol. The molecule has 1 fully saturated rings. The first-order valence-electron chi connectivity index (χ1n) is 6.94. The first-order chi connectivity index (χ1) is 10.1. The van der Waals surface area contributed by atoms with Crippen LogP contribution in [-0.4, -0.2) is 43.5 Å².